The Bertz CT molecular complexity index is 1200. The molecular formula is C26H25N3O3. The van der Waals surface area contributed by atoms with Crippen LogP contribution in [-0.2, 0) is 11.3 Å². The maximum atomic E-state index is 12.5. The predicted molar refractivity (Wildman–Crippen MR) is 123 cm³/mol. The van der Waals surface area contributed by atoms with E-state index in [0.717, 1.165) is 47.5 Å². The van der Waals surface area contributed by atoms with Crippen molar-refractivity contribution in [3.63, 3.8) is 0 Å². The third kappa shape index (κ3) is 4.50. The van der Waals surface area contributed by atoms with Crippen LogP contribution in [0.5, 0.6) is 5.75 Å². The second-order valence-corrected chi connectivity index (χ2v) is 7.93. The van der Waals surface area contributed by atoms with Gasteiger partial charge in [-0.25, -0.2) is 4.98 Å². The fraction of sp³-hybridized carbons (Fsp3) is 0.231. The first-order valence-electron chi connectivity index (χ1n) is 10.9. The number of rotatable bonds is 7. The zero-order valence-electron chi connectivity index (χ0n) is 17.7. The van der Waals surface area contributed by atoms with E-state index in [1.807, 2.05) is 77.4 Å². The van der Waals surface area contributed by atoms with Crippen LogP contribution in [0.4, 0.5) is 0 Å². The van der Waals surface area contributed by atoms with E-state index in [4.69, 9.17) is 9.47 Å². The molecule has 0 bridgehead atoms. The molecule has 1 aliphatic rings. The maximum Gasteiger partial charge on any atom is 0.251 e. The van der Waals surface area contributed by atoms with E-state index >= 15 is 0 Å². The van der Waals surface area contributed by atoms with Crippen LogP contribution < -0.4 is 10.1 Å². The quantitative estimate of drug-likeness (QED) is 0.471. The van der Waals surface area contributed by atoms with Crippen molar-refractivity contribution >= 4 is 16.9 Å². The summed E-state index contributed by atoms with van der Waals surface area (Å²) < 4.78 is 13.4. The van der Waals surface area contributed by atoms with Crippen LogP contribution in [0, 0.1) is 0 Å². The molecule has 0 spiro atoms. The van der Waals surface area contributed by atoms with Gasteiger partial charge in [-0.3, -0.25) is 9.36 Å². The van der Waals surface area contributed by atoms with Crippen LogP contribution in [0.2, 0.25) is 0 Å². The number of carbonyl (C=O) groups is 1. The molecule has 162 valence electrons. The zero-order chi connectivity index (χ0) is 21.8. The second kappa shape index (κ2) is 9.24. The number of nitrogens with zero attached hydrogens (tertiary/aromatic N) is 2. The van der Waals surface area contributed by atoms with Crippen molar-refractivity contribution in [2.75, 3.05) is 13.2 Å². The van der Waals surface area contributed by atoms with Gasteiger partial charge in [0.2, 0.25) is 0 Å². The number of hydrogen-bond acceptors (Lipinski definition) is 4. The predicted octanol–water partition coefficient (Wildman–Crippen LogP) is 4.51. The van der Waals surface area contributed by atoms with Gasteiger partial charge in [0.1, 0.15) is 18.7 Å². The van der Waals surface area contributed by atoms with Crippen LogP contribution in [0.3, 0.4) is 0 Å². The van der Waals surface area contributed by atoms with Gasteiger partial charge in [-0.2, -0.15) is 0 Å². The summed E-state index contributed by atoms with van der Waals surface area (Å²) in [5.74, 6) is 0.712. The zero-order valence-corrected chi connectivity index (χ0v) is 17.7. The van der Waals surface area contributed by atoms with Gasteiger partial charge in [0.15, 0.2) is 0 Å². The first-order valence-corrected chi connectivity index (χ1v) is 10.9. The number of ether oxygens (including phenoxy) is 2. The molecule has 5 rings (SSSR count). The monoisotopic (exact) mass is 427 g/mol. The Morgan fingerprint density at radius 1 is 1.09 bits per heavy atom. The number of benzene rings is 3. The molecule has 6 nitrogen and oxygen atoms in total. The lowest BCUT2D eigenvalue weighted by Gasteiger charge is -2.11. The number of imidazole rings is 1. The summed E-state index contributed by atoms with van der Waals surface area (Å²) in [5, 5.41) is 2.96. The minimum absolute atomic E-state index is 0.100. The van der Waals surface area contributed by atoms with E-state index in [2.05, 4.69) is 10.3 Å². The van der Waals surface area contributed by atoms with E-state index in [1.54, 1.807) is 6.33 Å². The topological polar surface area (TPSA) is 65.4 Å². The van der Waals surface area contributed by atoms with Crippen molar-refractivity contribution in [2.45, 2.75) is 25.6 Å². The highest BCUT2D eigenvalue weighted by molar-refractivity contribution is 5.97. The van der Waals surface area contributed by atoms with Gasteiger partial charge in [0.05, 0.1) is 17.1 Å². The largest absolute Gasteiger partial charge is 0.489 e. The molecular weight excluding hydrogens is 402 g/mol. The Morgan fingerprint density at radius 3 is 2.72 bits per heavy atom. The van der Waals surface area contributed by atoms with E-state index in [1.165, 1.54) is 0 Å². The number of fused-ring (bicyclic) bond motifs is 1. The molecule has 32 heavy (non-hydrogen) atoms. The average Bonchev–Trinajstić information content (AvgIpc) is 3.52. The summed E-state index contributed by atoms with van der Waals surface area (Å²) in [4.78, 5) is 17.0. The lowest BCUT2D eigenvalue weighted by molar-refractivity contribution is 0.0858. The highest BCUT2D eigenvalue weighted by Gasteiger charge is 2.17. The van der Waals surface area contributed by atoms with Crippen LogP contribution in [0.1, 0.15) is 28.8 Å². The standard InChI is InChI=1S/C26H25N3O3/c30-26(27-16-23-7-4-14-31-23)20-8-13-25-24(15-20)28-18-29(25)21-9-11-22(12-10-21)32-17-19-5-2-1-3-6-19/h1-3,5-6,8-13,15,18,23H,4,7,14,16-17H2,(H,27,30). The molecule has 0 saturated carbocycles. The molecule has 6 heteroatoms. The third-order valence-corrected chi connectivity index (χ3v) is 5.69. The molecule has 0 aliphatic carbocycles. The molecule has 2 heterocycles. The lowest BCUT2D eigenvalue weighted by Crippen LogP contribution is -2.31. The summed E-state index contributed by atoms with van der Waals surface area (Å²) in [6, 6.07) is 23.6. The minimum atomic E-state index is -0.100. The molecule has 4 aromatic rings. The van der Waals surface area contributed by atoms with E-state index < -0.39 is 0 Å². The highest BCUT2D eigenvalue weighted by Crippen LogP contribution is 2.22. The fourth-order valence-electron chi connectivity index (χ4n) is 3.92. The van der Waals surface area contributed by atoms with Crippen molar-refractivity contribution in [3.05, 3.63) is 90.3 Å². The Labute approximate surface area is 186 Å². The first-order chi connectivity index (χ1) is 15.8. The van der Waals surface area contributed by atoms with Crippen LogP contribution in [0.15, 0.2) is 79.1 Å². The number of amides is 1. The maximum absolute atomic E-state index is 12.5. The number of carbonyl (C=O) groups excluding carboxylic acids is 1. The van der Waals surface area contributed by atoms with Gasteiger partial charge in [-0.1, -0.05) is 30.3 Å². The summed E-state index contributed by atoms with van der Waals surface area (Å²) in [7, 11) is 0. The fourth-order valence-corrected chi connectivity index (χ4v) is 3.92. The van der Waals surface area contributed by atoms with Crippen LogP contribution in [0.25, 0.3) is 16.7 Å². The number of nitrogens with one attached hydrogen (secondary N) is 1. The molecule has 1 unspecified atom stereocenters. The average molecular weight is 428 g/mol. The van der Waals surface area contributed by atoms with Gasteiger partial charge < -0.3 is 14.8 Å². The Morgan fingerprint density at radius 2 is 1.94 bits per heavy atom. The van der Waals surface area contributed by atoms with Gasteiger partial charge in [-0.05, 0) is 60.9 Å². The van der Waals surface area contributed by atoms with E-state index in [9.17, 15) is 4.79 Å². The van der Waals surface area contributed by atoms with Gasteiger partial charge in [0.25, 0.3) is 5.91 Å². The molecule has 1 atom stereocenters. The van der Waals surface area contributed by atoms with Crippen molar-refractivity contribution in [1.82, 2.24) is 14.9 Å². The second-order valence-electron chi connectivity index (χ2n) is 7.93. The summed E-state index contributed by atoms with van der Waals surface area (Å²) in [6.07, 6.45) is 3.96. The Balaban J connectivity index is 1.26. The molecule has 1 N–H and O–H groups in total. The normalized spacial score (nSPS) is 15.7. The number of hydrogen-bond donors (Lipinski definition) is 1. The summed E-state index contributed by atoms with van der Waals surface area (Å²) in [6.45, 7) is 1.86. The smallest absolute Gasteiger partial charge is 0.251 e. The Kier molecular flexibility index (Phi) is 5.85. The van der Waals surface area contributed by atoms with Crippen LogP contribution >= 0.6 is 0 Å². The minimum Gasteiger partial charge on any atom is -0.489 e. The molecule has 1 amide bonds. The Hall–Kier alpha value is -3.64. The van der Waals surface area contributed by atoms with Crippen molar-refractivity contribution < 1.29 is 14.3 Å². The van der Waals surface area contributed by atoms with Crippen molar-refractivity contribution in [3.8, 4) is 11.4 Å². The molecule has 3 aromatic carbocycles. The van der Waals surface area contributed by atoms with Gasteiger partial charge in [-0.15, -0.1) is 0 Å². The summed E-state index contributed by atoms with van der Waals surface area (Å²) in [5.41, 5.74) is 4.44. The summed E-state index contributed by atoms with van der Waals surface area (Å²) >= 11 is 0. The number of aromatic nitrogens is 2. The SMILES string of the molecule is O=C(NCC1CCCO1)c1ccc2c(c1)ncn2-c1ccc(OCc2ccccc2)cc1. The highest BCUT2D eigenvalue weighted by atomic mass is 16.5. The van der Waals surface area contributed by atoms with Gasteiger partial charge >= 0.3 is 0 Å². The van der Waals surface area contributed by atoms with Crippen LogP contribution in [-0.4, -0.2) is 34.7 Å². The lowest BCUT2D eigenvalue weighted by atomic mass is 10.1. The molecule has 1 saturated heterocycles. The molecule has 1 fully saturated rings. The molecule has 1 aromatic heterocycles. The molecule has 1 aliphatic heterocycles. The first kappa shape index (κ1) is 20.3. The van der Waals surface area contributed by atoms with Gasteiger partial charge in [0, 0.05) is 24.4 Å². The van der Waals surface area contributed by atoms with Crippen molar-refractivity contribution in [1.29, 1.82) is 0 Å². The van der Waals surface area contributed by atoms with Crippen molar-refractivity contribution in [2.24, 2.45) is 0 Å². The van der Waals surface area contributed by atoms with E-state index in [0.29, 0.717) is 18.7 Å². The molecule has 0 radical (unpaired) electrons. The third-order valence-electron chi connectivity index (χ3n) is 5.69. The van der Waals surface area contributed by atoms with E-state index in [-0.39, 0.29) is 12.0 Å².